The summed E-state index contributed by atoms with van der Waals surface area (Å²) < 4.78 is 1.94. The van der Waals surface area contributed by atoms with E-state index in [1.165, 1.54) is 0 Å². The minimum absolute atomic E-state index is 0.0394. The third kappa shape index (κ3) is 4.47. The van der Waals surface area contributed by atoms with Gasteiger partial charge < -0.3 is 9.88 Å². The number of amides is 1. The fourth-order valence-corrected chi connectivity index (χ4v) is 2.86. The molecule has 0 unspecified atom stereocenters. The molecule has 1 aromatic heterocycles. The molecule has 3 aromatic rings. The van der Waals surface area contributed by atoms with Crippen molar-refractivity contribution in [2.45, 2.75) is 11.4 Å². The average Bonchev–Trinajstić information content (AvgIpc) is 3.14. The first-order valence-electron chi connectivity index (χ1n) is 7.33. The SMILES string of the molecule is O=C(CSc1ccccc1)NCc1ccc(-n2ccnc2)cc1. The molecular weight excluding hydrogens is 306 g/mol. The molecule has 0 radical (unpaired) electrons. The standard InChI is InChI=1S/C18H17N3OS/c22-18(13-23-17-4-2-1-3-5-17)20-12-15-6-8-16(9-7-15)21-11-10-19-14-21/h1-11,14H,12-13H2,(H,20,22). The number of aromatic nitrogens is 2. The Labute approximate surface area is 139 Å². The molecule has 1 amide bonds. The summed E-state index contributed by atoms with van der Waals surface area (Å²) in [5, 5.41) is 2.94. The second-order valence-corrected chi connectivity index (χ2v) is 6.06. The van der Waals surface area contributed by atoms with Crippen LogP contribution >= 0.6 is 11.8 Å². The van der Waals surface area contributed by atoms with Gasteiger partial charge in [0.1, 0.15) is 0 Å². The lowest BCUT2D eigenvalue weighted by molar-refractivity contribution is -0.118. The zero-order chi connectivity index (χ0) is 15.9. The van der Waals surface area contributed by atoms with Gasteiger partial charge in [0.05, 0.1) is 12.1 Å². The minimum Gasteiger partial charge on any atom is -0.351 e. The molecule has 0 aliphatic carbocycles. The third-order valence-corrected chi connectivity index (χ3v) is 4.35. The van der Waals surface area contributed by atoms with E-state index in [2.05, 4.69) is 10.3 Å². The smallest absolute Gasteiger partial charge is 0.230 e. The molecule has 1 heterocycles. The molecule has 1 N–H and O–H groups in total. The number of nitrogens with one attached hydrogen (secondary N) is 1. The quantitative estimate of drug-likeness (QED) is 0.708. The van der Waals surface area contributed by atoms with Crippen molar-refractivity contribution in [1.82, 2.24) is 14.9 Å². The Morgan fingerprint density at radius 3 is 2.57 bits per heavy atom. The van der Waals surface area contributed by atoms with Crippen molar-refractivity contribution in [1.29, 1.82) is 0 Å². The monoisotopic (exact) mass is 323 g/mol. The number of imidazole rings is 1. The Morgan fingerprint density at radius 1 is 1.09 bits per heavy atom. The Bertz CT molecular complexity index is 740. The molecule has 5 heteroatoms. The second kappa shape index (κ2) is 7.65. The second-order valence-electron chi connectivity index (χ2n) is 5.01. The van der Waals surface area contributed by atoms with E-state index in [0.717, 1.165) is 16.1 Å². The van der Waals surface area contributed by atoms with Crippen LogP contribution in [-0.4, -0.2) is 21.2 Å². The van der Waals surface area contributed by atoms with Crippen molar-refractivity contribution >= 4 is 17.7 Å². The van der Waals surface area contributed by atoms with Crippen LogP contribution in [0.5, 0.6) is 0 Å². The first kappa shape index (κ1) is 15.4. The molecular formula is C18H17N3OS. The van der Waals surface area contributed by atoms with Gasteiger partial charge in [0.15, 0.2) is 0 Å². The first-order valence-corrected chi connectivity index (χ1v) is 8.31. The van der Waals surface area contributed by atoms with Crippen LogP contribution in [0, 0.1) is 0 Å². The number of benzene rings is 2. The van der Waals surface area contributed by atoms with E-state index in [0.29, 0.717) is 12.3 Å². The zero-order valence-electron chi connectivity index (χ0n) is 12.6. The number of rotatable bonds is 6. The van der Waals surface area contributed by atoms with Gasteiger partial charge in [-0.05, 0) is 29.8 Å². The van der Waals surface area contributed by atoms with Gasteiger partial charge in [0.25, 0.3) is 0 Å². The van der Waals surface area contributed by atoms with Crippen LogP contribution < -0.4 is 5.32 Å². The van der Waals surface area contributed by atoms with Crippen LogP contribution in [0.25, 0.3) is 5.69 Å². The van der Waals surface area contributed by atoms with Gasteiger partial charge in [-0.15, -0.1) is 11.8 Å². The molecule has 2 aromatic carbocycles. The lowest BCUT2D eigenvalue weighted by Gasteiger charge is -2.07. The number of hydrogen-bond donors (Lipinski definition) is 1. The molecule has 0 bridgehead atoms. The van der Waals surface area contributed by atoms with E-state index in [9.17, 15) is 4.79 Å². The Morgan fingerprint density at radius 2 is 1.87 bits per heavy atom. The maximum Gasteiger partial charge on any atom is 0.230 e. The number of carbonyl (C=O) groups excluding carboxylic acids is 1. The highest BCUT2D eigenvalue weighted by molar-refractivity contribution is 8.00. The fourth-order valence-electron chi connectivity index (χ4n) is 2.12. The van der Waals surface area contributed by atoms with E-state index in [-0.39, 0.29) is 5.91 Å². The molecule has 0 spiro atoms. The third-order valence-electron chi connectivity index (χ3n) is 3.34. The largest absolute Gasteiger partial charge is 0.351 e. The lowest BCUT2D eigenvalue weighted by atomic mass is 10.2. The zero-order valence-corrected chi connectivity index (χ0v) is 13.4. The summed E-state index contributed by atoms with van der Waals surface area (Å²) in [6, 6.07) is 18.0. The van der Waals surface area contributed by atoms with Crippen molar-refractivity contribution in [2.24, 2.45) is 0 Å². The van der Waals surface area contributed by atoms with Gasteiger partial charge in [-0.25, -0.2) is 4.98 Å². The van der Waals surface area contributed by atoms with Gasteiger partial charge in [0, 0.05) is 29.5 Å². The highest BCUT2D eigenvalue weighted by Crippen LogP contribution is 2.16. The Balaban J connectivity index is 1.47. The van der Waals surface area contributed by atoms with Crippen molar-refractivity contribution < 1.29 is 4.79 Å². The number of hydrogen-bond acceptors (Lipinski definition) is 3. The molecule has 0 fully saturated rings. The van der Waals surface area contributed by atoms with Crippen molar-refractivity contribution in [3.8, 4) is 5.69 Å². The molecule has 4 nitrogen and oxygen atoms in total. The maximum absolute atomic E-state index is 11.9. The number of thioether (sulfide) groups is 1. The maximum atomic E-state index is 11.9. The van der Waals surface area contributed by atoms with Gasteiger partial charge in [-0.1, -0.05) is 30.3 Å². The van der Waals surface area contributed by atoms with E-state index in [4.69, 9.17) is 0 Å². The molecule has 0 aliphatic rings. The highest BCUT2D eigenvalue weighted by Gasteiger charge is 2.03. The van der Waals surface area contributed by atoms with Gasteiger partial charge in [-0.2, -0.15) is 0 Å². The first-order chi connectivity index (χ1) is 11.3. The topological polar surface area (TPSA) is 46.9 Å². The summed E-state index contributed by atoms with van der Waals surface area (Å²) >= 11 is 1.54. The van der Waals surface area contributed by atoms with Crippen LogP contribution in [0.1, 0.15) is 5.56 Å². The van der Waals surface area contributed by atoms with Crippen LogP contribution in [-0.2, 0) is 11.3 Å². The molecule has 0 saturated heterocycles. The predicted octanol–water partition coefficient (Wildman–Crippen LogP) is 3.28. The molecule has 0 saturated carbocycles. The van der Waals surface area contributed by atoms with Crippen molar-refractivity contribution in [3.63, 3.8) is 0 Å². The summed E-state index contributed by atoms with van der Waals surface area (Å²) in [6.07, 6.45) is 5.41. The molecule has 116 valence electrons. The minimum atomic E-state index is 0.0394. The van der Waals surface area contributed by atoms with Crippen LogP contribution in [0.2, 0.25) is 0 Å². The van der Waals surface area contributed by atoms with E-state index in [1.54, 1.807) is 24.3 Å². The lowest BCUT2D eigenvalue weighted by Crippen LogP contribution is -2.24. The van der Waals surface area contributed by atoms with Crippen molar-refractivity contribution in [3.05, 3.63) is 78.9 Å². The van der Waals surface area contributed by atoms with E-state index in [1.807, 2.05) is 65.4 Å². The van der Waals surface area contributed by atoms with Gasteiger partial charge in [0.2, 0.25) is 5.91 Å². The predicted molar refractivity (Wildman–Crippen MR) is 92.6 cm³/mol. The van der Waals surface area contributed by atoms with Crippen molar-refractivity contribution in [2.75, 3.05) is 5.75 Å². The molecule has 0 aliphatic heterocycles. The number of carbonyl (C=O) groups is 1. The van der Waals surface area contributed by atoms with Gasteiger partial charge in [-0.3, -0.25) is 4.79 Å². The van der Waals surface area contributed by atoms with E-state index >= 15 is 0 Å². The van der Waals surface area contributed by atoms with E-state index < -0.39 is 0 Å². The highest BCUT2D eigenvalue weighted by atomic mass is 32.2. The van der Waals surface area contributed by atoms with Crippen LogP contribution in [0.15, 0.2) is 78.2 Å². The molecule has 0 atom stereocenters. The molecule has 3 rings (SSSR count). The van der Waals surface area contributed by atoms with Crippen LogP contribution in [0.3, 0.4) is 0 Å². The Hall–Kier alpha value is -2.53. The summed E-state index contributed by atoms with van der Waals surface area (Å²) in [5.41, 5.74) is 2.13. The Kier molecular flexibility index (Phi) is 5.11. The fraction of sp³-hybridized carbons (Fsp3) is 0.111. The summed E-state index contributed by atoms with van der Waals surface area (Å²) in [6.45, 7) is 0.540. The normalized spacial score (nSPS) is 10.4. The van der Waals surface area contributed by atoms with Crippen LogP contribution in [0.4, 0.5) is 0 Å². The summed E-state index contributed by atoms with van der Waals surface area (Å²) in [4.78, 5) is 17.0. The average molecular weight is 323 g/mol. The summed E-state index contributed by atoms with van der Waals surface area (Å²) in [7, 11) is 0. The molecule has 23 heavy (non-hydrogen) atoms. The van der Waals surface area contributed by atoms with Gasteiger partial charge >= 0.3 is 0 Å². The summed E-state index contributed by atoms with van der Waals surface area (Å²) in [5.74, 6) is 0.467. The number of nitrogens with zero attached hydrogens (tertiary/aromatic N) is 2.